The van der Waals surface area contributed by atoms with Gasteiger partial charge in [-0.15, -0.1) is 0 Å². The van der Waals surface area contributed by atoms with Crippen molar-refractivity contribution >= 4 is 33.5 Å². The van der Waals surface area contributed by atoms with Gasteiger partial charge in [0, 0.05) is 20.1 Å². The highest BCUT2D eigenvalue weighted by Crippen LogP contribution is 2.23. The van der Waals surface area contributed by atoms with Gasteiger partial charge >= 0.3 is 5.97 Å². The van der Waals surface area contributed by atoms with E-state index in [-0.39, 0.29) is 27.4 Å². The average Bonchev–Trinajstić information content (AvgIpc) is 3.07. The van der Waals surface area contributed by atoms with Gasteiger partial charge in [0.2, 0.25) is 10.0 Å². The lowest BCUT2D eigenvalue weighted by molar-refractivity contribution is -0.129. The lowest BCUT2D eigenvalue weighted by Crippen LogP contribution is -2.40. The summed E-state index contributed by atoms with van der Waals surface area (Å²) in [6.45, 7) is 1.47. The summed E-state index contributed by atoms with van der Waals surface area (Å²) < 4.78 is 30.6. The fraction of sp³-hybridized carbons (Fsp3) is 0.529. The first-order valence-corrected chi connectivity index (χ1v) is 10.2. The first-order chi connectivity index (χ1) is 12.1. The second-order valence-corrected chi connectivity index (χ2v) is 9.03. The third kappa shape index (κ3) is 4.75. The predicted molar refractivity (Wildman–Crippen MR) is 97.6 cm³/mol. The molecule has 1 aromatic carbocycles. The Morgan fingerprint density at radius 2 is 1.88 bits per heavy atom. The zero-order chi connectivity index (χ0) is 19.5. The van der Waals surface area contributed by atoms with Crippen LogP contribution in [0.4, 0.5) is 0 Å². The van der Waals surface area contributed by atoms with Gasteiger partial charge in [0.15, 0.2) is 6.10 Å². The van der Waals surface area contributed by atoms with Crippen LogP contribution < -0.4 is 5.32 Å². The molecule has 1 saturated carbocycles. The molecule has 1 fully saturated rings. The van der Waals surface area contributed by atoms with Crippen molar-refractivity contribution in [3.63, 3.8) is 0 Å². The van der Waals surface area contributed by atoms with Crippen molar-refractivity contribution in [1.29, 1.82) is 0 Å². The molecule has 9 heteroatoms. The minimum absolute atomic E-state index is 0.0520. The van der Waals surface area contributed by atoms with Crippen molar-refractivity contribution < 1.29 is 22.7 Å². The normalized spacial score (nSPS) is 16.5. The van der Waals surface area contributed by atoms with E-state index in [2.05, 4.69) is 5.32 Å². The third-order valence-corrected chi connectivity index (χ3v) is 6.43. The Balaban J connectivity index is 2.12. The first-order valence-electron chi connectivity index (χ1n) is 8.36. The monoisotopic (exact) mass is 402 g/mol. The molecule has 0 aromatic heterocycles. The quantitative estimate of drug-likeness (QED) is 0.736. The average molecular weight is 403 g/mol. The molecule has 2 rings (SSSR count). The number of amides is 1. The molecule has 0 heterocycles. The molecule has 1 N–H and O–H groups in total. The number of esters is 1. The van der Waals surface area contributed by atoms with Crippen LogP contribution in [0.15, 0.2) is 23.1 Å². The van der Waals surface area contributed by atoms with Crippen LogP contribution in [-0.2, 0) is 19.6 Å². The summed E-state index contributed by atoms with van der Waals surface area (Å²) in [5.41, 5.74) is -0.102. The van der Waals surface area contributed by atoms with E-state index in [9.17, 15) is 18.0 Å². The molecule has 1 amide bonds. The number of carbonyl (C=O) groups excluding carboxylic acids is 2. The topological polar surface area (TPSA) is 92.8 Å². The molecule has 0 saturated heterocycles. The Morgan fingerprint density at radius 1 is 1.27 bits per heavy atom. The highest BCUT2D eigenvalue weighted by atomic mass is 35.5. The van der Waals surface area contributed by atoms with E-state index >= 15 is 0 Å². The molecule has 7 nitrogen and oxygen atoms in total. The molecule has 1 aliphatic carbocycles. The molecule has 0 bridgehead atoms. The van der Waals surface area contributed by atoms with Crippen molar-refractivity contribution in [2.24, 2.45) is 0 Å². The second kappa shape index (κ2) is 8.37. The van der Waals surface area contributed by atoms with Gasteiger partial charge in [0.1, 0.15) is 0 Å². The van der Waals surface area contributed by atoms with Crippen molar-refractivity contribution in [2.75, 3.05) is 14.1 Å². The zero-order valence-electron chi connectivity index (χ0n) is 15.0. The van der Waals surface area contributed by atoms with Crippen molar-refractivity contribution in [3.05, 3.63) is 28.8 Å². The summed E-state index contributed by atoms with van der Waals surface area (Å²) in [7, 11) is -0.950. The maximum atomic E-state index is 12.4. The van der Waals surface area contributed by atoms with E-state index in [1.54, 1.807) is 0 Å². The zero-order valence-corrected chi connectivity index (χ0v) is 16.6. The van der Waals surface area contributed by atoms with Gasteiger partial charge in [0.25, 0.3) is 5.91 Å². The number of hydrogen-bond acceptors (Lipinski definition) is 5. The standard InChI is InChI=1S/C17H23ClN2O5S/c1-11(16(21)19-12-6-4-5-7-12)25-17(22)14-10-13(8-9-15(14)18)26(23,24)20(2)3/h8-12H,4-7H2,1-3H3,(H,19,21)/t11-/m1/s1. The van der Waals surface area contributed by atoms with Gasteiger partial charge in [-0.25, -0.2) is 17.5 Å². The summed E-state index contributed by atoms with van der Waals surface area (Å²) in [5.74, 6) is -1.22. The predicted octanol–water partition coefficient (Wildman–Crippen LogP) is 2.19. The smallest absolute Gasteiger partial charge is 0.340 e. The van der Waals surface area contributed by atoms with Gasteiger partial charge in [-0.2, -0.15) is 0 Å². The lowest BCUT2D eigenvalue weighted by atomic mass is 10.2. The van der Waals surface area contributed by atoms with Crippen molar-refractivity contribution in [2.45, 2.75) is 49.6 Å². The molecule has 144 valence electrons. The molecule has 0 unspecified atom stereocenters. The molecule has 0 aliphatic heterocycles. The summed E-state index contributed by atoms with van der Waals surface area (Å²) in [6, 6.07) is 3.89. The fourth-order valence-corrected chi connectivity index (χ4v) is 3.82. The molecule has 1 aromatic rings. The van der Waals surface area contributed by atoms with Crippen molar-refractivity contribution in [1.82, 2.24) is 9.62 Å². The molecular weight excluding hydrogens is 380 g/mol. The van der Waals surface area contributed by atoms with Gasteiger partial charge in [0.05, 0.1) is 15.5 Å². The summed E-state index contributed by atoms with van der Waals surface area (Å²) in [4.78, 5) is 24.4. The Bertz CT molecular complexity index is 788. The van der Waals surface area contributed by atoms with Crippen LogP contribution in [0.2, 0.25) is 5.02 Å². The Labute approximate surface area is 158 Å². The number of carbonyl (C=O) groups is 2. The van der Waals surface area contributed by atoms with Crippen molar-refractivity contribution in [3.8, 4) is 0 Å². The molecular formula is C17H23ClN2O5S. The number of nitrogens with zero attached hydrogens (tertiary/aromatic N) is 1. The van der Waals surface area contributed by atoms with Gasteiger partial charge in [-0.3, -0.25) is 4.79 Å². The summed E-state index contributed by atoms with van der Waals surface area (Å²) in [5, 5.41) is 2.90. The third-order valence-electron chi connectivity index (χ3n) is 4.29. The summed E-state index contributed by atoms with van der Waals surface area (Å²) >= 11 is 6.01. The minimum atomic E-state index is -3.72. The van der Waals surface area contributed by atoms with Crippen LogP contribution in [0.25, 0.3) is 0 Å². The van der Waals surface area contributed by atoms with Crippen LogP contribution >= 0.6 is 11.6 Å². The number of rotatable bonds is 6. The Morgan fingerprint density at radius 3 is 2.46 bits per heavy atom. The number of halogens is 1. The maximum Gasteiger partial charge on any atom is 0.340 e. The molecule has 0 radical (unpaired) electrons. The Kier molecular flexibility index (Phi) is 6.65. The molecule has 1 atom stereocenters. The number of nitrogens with one attached hydrogen (secondary N) is 1. The van der Waals surface area contributed by atoms with Gasteiger partial charge in [-0.1, -0.05) is 24.4 Å². The number of hydrogen-bond donors (Lipinski definition) is 1. The van der Waals surface area contributed by atoms with Crippen LogP contribution in [-0.4, -0.2) is 50.8 Å². The summed E-state index contributed by atoms with van der Waals surface area (Å²) in [6.07, 6.45) is 2.98. The van der Waals surface area contributed by atoms with E-state index < -0.39 is 22.1 Å². The Hall–Kier alpha value is -1.64. The van der Waals surface area contributed by atoms with E-state index in [0.29, 0.717) is 0 Å². The molecule has 0 spiro atoms. The molecule has 26 heavy (non-hydrogen) atoms. The van der Waals surface area contributed by atoms with Gasteiger partial charge < -0.3 is 10.1 Å². The van der Waals surface area contributed by atoms with Crippen LogP contribution in [0.3, 0.4) is 0 Å². The second-order valence-electron chi connectivity index (χ2n) is 6.47. The van der Waals surface area contributed by atoms with E-state index in [0.717, 1.165) is 36.1 Å². The van der Waals surface area contributed by atoms with Crippen LogP contribution in [0.5, 0.6) is 0 Å². The number of ether oxygens (including phenoxy) is 1. The van der Waals surface area contributed by atoms with E-state index in [1.165, 1.54) is 33.2 Å². The molecule has 1 aliphatic rings. The van der Waals surface area contributed by atoms with Gasteiger partial charge in [-0.05, 0) is 38.0 Å². The largest absolute Gasteiger partial charge is 0.449 e. The number of benzene rings is 1. The fourth-order valence-electron chi connectivity index (χ4n) is 2.70. The van der Waals surface area contributed by atoms with E-state index in [4.69, 9.17) is 16.3 Å². The maximum absolute atomic E-state index is 12.4. The number of sulfonamides is 1. The highest BCUT2D eigenvalue weighted by molar-refractivity contribution is 7.89. The van der Waals surface area contributed by atoms with E-state index in [1.807, 2.05) is 0 Å². The highest BCUT2D eigenvalue weighted by Gasteiger charge is 2.26. The van der Waals surface area contributed by atoms with Crippen LogP contribution in [0, 0.1) is 0 Å². The van der Waals surface area contributed by atoms with Crippen LogP contribution in [0.1, 0.15) is 43.0 Å². The minimum Gasteiger partial charge on any atom is -0.449 e. The first kappa shape index (κ1) is 20.7. The SMILES string of the molecule is C[C@@H](OC(=O)c1cc(S(=O)(=O)N(C)C)ccc1Cl)C(=O)NC1CCCC1. The lowest BCUT2D eigenvalue weighted by Gasteiger charge is -2.18.